The Morgan fingerprint density at radius 1 is 1.40 bits per heavy atom. The topological polar surface area (TPSA) is 29.1 Å². The van der Waals surface area contributed by atoms with Crippen molar-refractivity contribution in [1.29, 1.82) is 0 Å². The minimum atomic E-state index is -1.99. The summed E-state index contributed by atoms with van der Waals surface area (Å²) in [6.07, 6.45) is 0. The molecule has 0 heterocycles. The second-order valence-electron chi connectivity index (χ2n) is 3.58. The highest BCUT2D eigenvalue weighted by atomic mass is 79.9. The Labute approximate surface area is 94.8 Å². The van der Waals surface area contributed by atoms with E-state index in [-0.39, 0.29) is 5.69 Å². The van der Waals surface area contributed by atoms with Crippen molar-refractivity contribution in [1.82, 2.24) is 0 Å². The first-order valence-corrected chi connectivity index (χ1v) is 5.05. The Kier molecular flexibility index (Phi) is 3.44. The van der Waals surface area contributed by atoms with Crippen molar-refractivity contribution in [2.24, 2.45) is 0 Å². The maximum atomic E-state index is 13.2. The molecule has 1 amide bonds. The van der Waals surface area contributed by atoms with Gasteiger partial charge in [0, 0.05) is 10.2 Å². The van der Waals surface area contributed by atoms with Gasteiger partial charge >= 0.3 is 0 Å². The quantitative estimate of drug-likeness (QED) is 0.883. The number of rotatable bonds is 2. The molecule has 15 heavy (non-hydrogen) atoms. The molecule has 0 saturated heterocycles. The van der Waals surface area contributed by atoms with Crippen LogP contribution in [0, 0.1) is 5.82 Å². The summed E-state index contributed by atoms with van der Waals surface area (Å²) in [6.45, 7) is 2.27. The molecule has 0 aliphatic heterocycles. The second-order valence-corrected chi connectivity index (χ2v) is 4.50. The molecule has 0 fully saturated rings. The van der Waals surface area contributed by atoms with Crippen LogP contribution < -0.4 is 5.32 Å². The number of carbonyl (C=O) groups excluding carboxylic acids is 1. The van der Waals surface area contributed by atoms with Crippen LogP contribution in [-0.2, 0) is 4.79 Å². The first-order valence-electron chi connectivity index (χ1n) is 4.25. The van der Waals surface area contributed by atoms with Crippen LogP contribution >= 0.6 is 15.9 Å². The highest BCUT2D eigenvalue weighted by molar-refractivity contribution is 9.10. The predicted molar refractivity (Wildman–Crippen MR) is 57.9 cm³/mol. The molecule has 1 N–H and O–H groups in total. The molecule has 0 aromatic heterocycles. The molecule has 0 aliphatic rings. The number of nitrogens with one attached hydrogen (secondary N) is 1. The van der Waals surface area contributed by atoms with Gasteiger partial charge in [-0.15, -0.1) is 0 Å². The summed E-state index contributed by atoms with van der Waals surface area (Å²) in [5.74, 6) is -1.31. The fourth-order valence-electron chi connectivity index (χ4n) is 0.906. The molecule has 5 heteroatoms. The summed E-state index contributed by atoms with van der Waals surface area (Å²) in [7, 11) is 0. The number of anilines is 1. The third-order valence-corrected chi connectivity index (χ3v) is 2.12. The summed E-state index contributed by atoms with van der Waals surface area (Å²) in [6, 6.07) is 3.86. The fraction of sp³-hybridized carbons (Fsp3) is 0.300. The molecule has 82 valence electrons. The van der Waals surface area contributed by atoms with E-state index in [9.17, 15) is 13.6 Å². The maximum absolute atomic E-state index is 13.2. The van der Waals surface area contributed by atoms with Crippen LogP contribution in [0.2, 0.25) is 0 Å². The Bertz CT molecular complexity index is 367. The van der Waals surface area contributed by atoms with E-state index in [1.807, 2.05) is 0 Å². The lowest BCUT2D eigenvalue weighted by atomic mass is 10.1. The zero-order chi connectivity index (χ0) is 11.6. The van der Waals surface area contributed by atoms with Gasteiger partial charge in [0.2, 0.25) is 0 Å². The summed E-state index contributed by atoms with van der Waals surface area (Å²) >= 11 is 3.07. The smallest absolute Gasteiger partial charge is 0.261 e. The van der Waals surface area contributed by atoms with Gasteiger partial charge in [0.15, 0.2) is 5.67 Å². The van der Waals surface area contributed by atoms with Crippen molar-refractivity contribution < 1.29 is 13.6 Å². The van der Waals surface area contributed by atoms with E-state index in [4.69, 9.17) is 0 Å². The molecular weight excluding hydrogens is 268 g/mol. The van der Waals surface area contributed by atoms with Crippen molar-refractivity contribution in [3.8, 4) is 0 Å². The molecule has 0 spiro atoms. The molecule has 1 rings (SSSR count). The van der Waals surface area contributed by atoms with E-state index in [1.54, 1.807) is 0 Å². The molecule has 0 atom stereocenters. The van der Waals surface area contributed by atoms with Crippen molar-refractivity contribution in [2.75, 3.05) is 5.32 Å². The zero-order valence-corrected chi connectivity index (χ0v) is 9.86. The van der Waals surface area contributed by atoms with Crippen LogP contribution in [0.3, 0.4) is 0 Å². The largest absolute Gasteiger partial charge is 0.323 e. The average Bonchev–Trinajstić information content (AvgIpc) is 1.99. The summed E-state index contributed by atoms with van der Waals surface area (Å²) in [4.78, 5) is 11.2. The van der Waals surface area contributed by atoms with Crippen LogP contribution in [0.1, 0.15) is 13.8 Å². The van der Waals surface area contributed by atoms with Gasteiger partial charge in [-0.25, -0.2) is 8.78 Å². The second kappa shape index (κ2) is 4.26. The molecule has 0 bridgehead atoms. The molecule has 2 nitrogen and oxygen atoms in total. The highest BCUT2D eigenvalue weighted by Crippen LogP contribution is 2.20. The minimum absolute atomic E-state index is 0.220. The molecule has 0 unspecified atom stereocenters. The van der Waals surface area contributed by atoms with Gasteiger partial charge in [-0.2, -0.15) is 0 Å². The molecular formula is C10H10BrF2NO. The standard InChI is InChI=1S/C10H10BrF2NO/c1-10(2,13)9(15)14-8-4-6(11)3-7(12)5-8/h3-5H,1-2H3,(H,14,15). The Morgan fingerprint density at radius 3 is 2.47 bits per heavy atom. The van der Waals surface area contributed by atoms with Crippen molar-refractivity contribution in [3.63, 3.8) is 0 Å². The number of alkyl halides is 1. The number of hydrogen-bond acceptors (Lipinski definition) is 1. The lowest BCUT2D eigenvalue weighted by Gasteiger charge is -2.14. The van der Waals surface area contributed by atoms with Gasteiger partial charge in [0.05, 0.1) is 0 Å². The predicted octanol–water partition coefficient (Wildman–Crippen LogP) is 3.27. The van der Waals surface area contributed by atoms with Crippen molar-refractivity contribution in [3.05, 3.63) is 28.5 Å². The third-order valence-electron chi connectivity index (χ3n) is 1.66. The monoisotopic (exact) mass is 277 g/mol. The first-order chi connectivity index (χ1) is 6.79. The van der Waals surface area contributed by atoms with Crippen LogP contribution in [0.15, 0.2) is 22.7 Å². The van der Waals surface area contributed by atoms with Gasteiger partial charge in [-0.1, -0.05) is 15.9 Å². The minimum Gasteiger partial charge on any atom is -0.323 e. The Balaban J connectivity index is 2.86. The normalized spacial score (nSPS) is 11.3. The van der Waals surface area contributed by atoms with Gasteiger partial charge < -0.3 is 5.32 Å². The van der Waals surface area contributed by atoms with E-state index in [0.717, 1.165) is 19.9 Å². The van der Waals surface area contributed by atoms with Crippen molar-refractivity contribution >= 4 is 27.5 Å². The Morgan fingerprint density at radius 2 is 2.00 bits per heavy atom. The van der Waals surface area contributed by atoms with Crippen LogP contribution in [-0.4, -0.2) is 11.6 Å². The highest BCUT2D eigenvalue weighted by Gasteiger charge is 2.26. The number of benzene rings is 1. The van der Waals surface area contributed by atoms with E-state index in [0.29, 0.717) is 4.47 Å². The van der Waals surface area contributed by atoms with E-state index < -0.39 is 17.4 Å². The third kappa shape index (κ3) is 3.58. The zero-order valence-electron chi connectivity index (χ0n) is 8.27. The lowest BCUT2D eigenvalue weighted by Crippen LogP contribution is -2.32. The molecule has 1 aromatic carbocycles. The molecule has 0 radical (unpaired) electrons. The van der Waals surface area contributed by atoms with Crippen molar-refractivity contribution in [2.45, 2.75) is 19.5 Å². The van der Waals surface area contributed by atoms with Gasteiger partial charge in [-0.05, 0) is 32.0 Å². The van der Waals surface area contributed by atoms with Crippen LogP contribution in [0.25, 0.3) is 0 Å². The SMILES string of the molecule is CC(C)(F)C(=O)Nc1cc(F)cc(Br)c1. The van der Waals surface area contributed by atoms with E-state index >= 15 is 0 Å². The number of amides is 1. The molecule has 0 aliphatic carbocycles. The summed E-state index contributed by atoms with van der Waals surface area (Å²) in [5, 5.41) is 2.28. The van der Waals surface area contributed by atoms with Crippen LogP contribution in [0.5, 0.6) is 0 Å². The lowest BCUT2D eigenvalue weighted by molar-refractivity contribution is -0.125. The number of carbonyl (C=O) groups is 1. The van der Waals surface area contributed by atoms with Gasteiger partial charge in [0.1, 0.15) is 5.82 Å². The van der Waals surface area contributed by atoms with Gasteiger partial charge in [-0.3, -0.25) is 4.79 Å². The number of hydrogen-bond donors (Lipinski definition) is 1. The summed E-state index contributed by atoms with van der Waals surface area (Å²) < 4.78 is 26.5. The average molecular weight is 278 g/mol. The number of halogens is 3. The summed E-state index contributed by atoms with van der Waals surface area (Å²) in [5.41, 5.74) is -1.77. The fourth-order valence-corrected chi connectivity index (χ4v) is 1.37. The molecule has 0 saturated carbocycles. The first kappa shape index (κ1) is 12.1. The van der Waals surface area contributed by atoms with Crippen LogP contribution in [0.4, 0.5) is 14.5 Å². The van der Waals surface area contributed by atoms with E-state index in [1.165, 1.54) is 12.1 Å². The Hall–Kier alpha value is -0.970. The van der Waals surface area contributed by atoms with Gasteiger partial charge in [0.25, 0.3) is 5.91 Å². The molecule has 1 aromatic rings. The maximum Gasteiger partial charge on any atom is 0.261 e. The van der Waals surface area contributed by atoms with E-state index in [2.05, 4.69) is 21.2 Å².